The first-order chi connectivity index (χ1) is 5.75. The minimum absolute atomic E-state index is 0.0389. The second-order valence-electron chi connectivity index (χ2n) is 2.86. The van der Waals surface area contributed by atoms with Gasteiger partial charge < -0.3 is 4.74 Å². The molecule has 1 aliphatic heterocycles. The molecule has 0 fully saturated rings. The zero-order chi connectivity index (χ0) is 8.55. The lowest BCUT2D eigenvalue weighted by molar-refractivity contribution is 0.257. The van der Waals surface area contributed by atoms with Crippen molar-refractivity contribution >= 4 is 12.6 Å². The summed E-state index contributed by atoms with van der Waals surface area (Å²) in [5, 5.41) is 0. The summed E-state index contributed by atoms with van der Waals surface area (Å²) in [4.78, 5) is 0. The molecule has 0 bridgehead atoms. The second kappa shape index (κ2) is 2.98. The Balaban J connectivity index is 2.37. The Morgan fingerprint density at radius 2 is 2.33 bits per heavy atom. The molecule has 1 heterocycles. The van der Waals surface area contributed by atoms with Gasteiger partial charge in [-0.05, 0) is 36.6 Å². The highest BCUT2D eigenvalue weighted by atomic mass is 32.1. The predicted molar refractivity (Wildman–Crippen MR) is 48.1 cm³/mol. The predicted octanol–water partition coefficient (Wildman–Crippen LogP) is 2.41. The SMILES string of the molecule is Fc1ccc2c(c1)CC[C@H](S)O2. The van der Waals surface area contributed by atoms with Gasteiger partial charge in [-0.25, -0.2) is 4.39 Å². The average molecular weight is 184 g/mol. The summed E-state index contributed by atoms with van der Waals surface area (Å²) in [6.07, 6.45) is 1.70. The molecule has 0 spiro atoms. The fourth-order valence-corrected chi connectivity index (χ4v) is 1.59. The van der Waals surface area contributed by atoms with E-state index >= 15 is 0 Å². The molecule has 1 aromatic rings. The van der Waals surface area contributed by atoms with Crippen molar-refractivity contribution in [3.63, 3.8) is 0 Å². The second-order valence-corrected chi connectivity index (χ2v) is 3.44. The molecule has 0 amide bonds. The van der Waals surface area contributed by atoms with Gasteiger partial charge in [0.1, 0.15) is 17.0 Å². The molecule has 0 unspecified atom stereocenters. The molecule has 1 atom stereocenters. The maximum Gasteiger partial charge on any atom is 0.142 e. The normalized spacial score (nSPS) is 21.3. The lowest BCUT2D eigenvalue weighted by atomic mass is 10.1. The third kappa shape index (κ3) is 1.41. The van der Waals surface area contributed by atoms with Crippen LogP contribution in [0.15, 0.2) is 18.2 Å². The van der Waals surface area contributed by atoms with Crippen molar-refractivity contribution < 1.29 is 9.13 Å². The van der Waals surface area contributed by atoms with Crippen LogP contribution < -0.4 is 4.74 Å². The number of rotatable bonds is 0. The van der Waals surface area contributed by atoms with E-state index in [9.17, 15) is 4.39 Å². The number of thiol groups is 1. The molecule has 0 aliphatic carbocycles. The van der Waals surface area contributed by atoms with E-state index in [1.165, 1.54) is 12.1 Å². The number of fused-ring (bicyclic) bond motifs is 1. The van der Waals surface area contributed by atoms with Crippen LogP contribution in [0.1, 0.15) is 12.0 Å². The third-order valence-electron chi connectivity index (χ3n) is 1.95. The highest BCUT2D eigenvalue weighted by molar-refractivity contribution is 7.80. The van der Waals surface area contributed by atoms with Crippen LogP contribution in [0.5, 0.6) is 5.75 Å². The minimum atomic E-state index is -0.199. The van der Waals surface area contributed by atoms with Gasteiger partial charge in [-0.2, -0.15) is 0 Å². The van der Waals surface area contributed by atoms with Gasteiger partial charge in [0.2, 0.25) is 0 Å². The molecule has 3 heteroatoms. The lowest BCUT2D eigenvalue weighted by Crippen LogP contribution is -2.16. The van der Waals surface area contributed by atoms with Crippen molar-refractivity contribution in [2.45, 2.75) is 18.3 Å². The molecular weight excluding hydrogens is 175 g/mol. The first kappa shape index (κ1) is 7.92. The summed E-state index contributed by atoms with van der Waals surface area (Å²) in [5.41, 5.74) is 0.906. The third-order valence-corrected chi connectivity index (χ3v) is 2.31. The van der Waals surface area contributed by atoms with Gasteiger partial charge in [0.05, 0.1) is 0 Å². The number of aryl methyl sites for hydroxylation is 1. The van der Waals surface area contributed by atoms with Crippen LogP contribution in [-0.4, -0.2) is 5.44 Å². The molecule has 0 N–H and O–H groups in total. The van der Waals surface area contributed by atoms with Crippen LogP contribution >= 0.6 is 12.6 Å². The van der Waals surface area contributed by atoms with E-state index in [1.807, 2.05) is 0 Å². The van der Waals surface area contributed by atoms with E-state index in [-0.39, 0.29) is 11.3 Å². The van der Waals surface area contributed by atoms with Crippen molar-refractivity contribution in [1.29, 1.82) is 0 Å². The fraction of sp³-hybridized carbons (Fsp3) is 0.333. The zero-order valence-electron chi connectivity index (χ0n) is 6.46. The highest BCUT2D eigenvalue weighted by Crippen LogP contribution is 2.28. The Hall–Kier alpha value is -0.700. The van der Waals surface area contributed by atoms with E-state index in [4.69, 9.17) is 4.74 Å². The van der Waals surface area contributed by atoms with Crippen molar-refractivity contribution in [3.8, 4) is 5.75 Å². The van der Waals surface area contributed by atoms with Crippen LogP contribution in [0.2, 0.25) is 0 Å². The van der Waals surface area contributed by atoms with E-state index in [1.54, 1.807) is 6.07 Å². The molecule has 1 aromatic carbocycles. The molecule has 0 aromatic heterocycles. The lowest BCUT2D eigenvalue weighted by Gasteiger charge is -2.22. The molecule has 64 valence electrons. The van der Waals surface area contributed by atoms with Gasteiger partial charge in [-0.3, -0.25) is 0 Å². The number of halogens is 1. The molecule has 2 rings (SSSR count). The highest BCUT2D eigenvalue weighted by Gasteiger charge is 2.16. The number of benzene rings is 1. The minimum Gasteiger partial charge on any atom is -0.480 e. The van der Waals surface area contributed by atoms with Crippen LogP contribution in [0.3, 0.4) is 0 Å². The summed E-state index contributed by atoms with van der Waals surface area (Å²) in [7, 11) is 0. The quantitative estimate of drug-likeness (QED) is 0.609. The molecule has 0 saturated heterocycles. The standard InChI is InChI=1S/C9H9FOS/c10-7-2-3-8-6(5-7)1-4-9(12)11-8/h2-3,5,9,12H,1,4H2/t9-/m0/s1. The first-order valence-electron chi connectivity index (χ1n) is 3.89. The maximum atomic E-state index is 12.7. The van der Waals surface area contributed by atoms with Crippen molar-refractivity contribution in [2.24, 2.45) is 0 Å². The van der Waals surface area contributed by atoms with E-state index in [0.717, 1.165) is 24.2 Å². The van der Waals surface area contributed by atoms with E-state index in [2.05, 4.69) is 12.6 Å². The zero-order valence-corrected chi connectivity index (χ0v) is 7.35. The number of hydrogen-bond acceptors (Lipinski definition) is 2. The summed E-state index contributed by atoms with van der Waals surface area (Å²) < 4.78 is 18.1. The van der Waals surface area contributed by atoms with Crippen molar-refractivity contribution in [2.75, 3.05) is 0 Å². The van der Waals surface area contributed by atoms with Gasteiger partial charge in [-0.15, -0.1) is 12.6 Å². The summed E-state index contributed by atoms with van der Waals surface area (Å²) in [5.74, 6) is 0.567. The summed E-state index contributed by atoms with van der Waals surface area (Å²) >= 11 is 4.20. The summed E-state index contributed by atoms with van der Waals surface area (Å²) in [6, 6.07) is 4.59. The molecule has 0 radical (unpaired) electrons. The van der Waals surface area contributed by atoms with Crippen molar-refractivity contribution in [3.05, 3.63) is 29.6 Å². The fourth-order valence-electron chi connectivity index (χ4n) is 1.34. The van der Waals surface area contributed by atoms with Crippen LogP contribution in [0.4, 0.5) is 4.39 Å². The van der Waals surface area contributed by atoms with Gasteiger partial charge >= 0.3 is 0 Å². The van der Waals surface area contributed by atoms with Gasteiger partial charge in [-0.1, -0.05) is 0 Å². The van der Waals surface area contributed by atoms with Crippen LogP contribution in [-0.2, 0) is 6.42 Å². The van der Waals surface area contributed by atoms with E-state index in [0.29, 0.717) is 0 Å². The average Bonchev–Trinajstić information content (AvgIpc) is 2.05. The summed E-state index contributed by atoms with van der Waals surface area (Å²) in [6.45, 7) is 0. The van der Waals surface area contributed by atoms with Crippen LogP contribution in [0.25, 0.3) is 0 Å². The number of hydrogen-bond donors (Lipinski definition) is 1. The van der Waals surface area contributed by atoms with Gasteiger partial charge in [0.15, 0.2) is 0 Å². The smallest absolute Gasteiger partial charge is 0.142 e. The molecule has 1 nitrogen and oxygen atoms in total. The van der Waals surface area contributed by atoms with Gasteiger partial charge in [0, 0.05) is 0 Å². The Kier molecular flexibility index (Phi) is 1.97. The Morgan fingerprint density at radius 1 is 1.50 bits per heavy atom. The maximum absolute atomic E-state index is 12.7. The molecule has 1 aliphatic rings. The Bertz CT molecular complexity index is 301. The monoisotopic (exact) mass is 184 g/mol. The van der Waals surface area contributed by atoms with Crippen molar-refractivity contribution in [1.82, 2.24) is 0 Å². The largest absolute Gasteiger partial charge is 0.480 e. The Labute approximate surface area is 76.0 Å². The van der Waals surface area contributed by atoms with Crippen LogP contribution in [0, 0.1) is 5.82 Å². The van der Waals surface area contributed by atoms with Gasteiger partial charge in [0.25, 0.3) is 0 Å². The first-order valence-corrected chi connectivity index (χ1v) is 4.40. The number of ether oxygens (including phenoxy) is 1. The Morgan fingerprint density at radius 3 is 3.17 bits per heavy atom. The molecular formula is C9H9FOS. The topological polar surface area (TPSA) is 9.23 Å². The molecule has 12 heavy (non-hydrogen) atoms. The molecule has 0 saturated carbocycles. The van der Waals surface area contributed by atoms with E-state index < -0.39 is 0 Å².